The highest BCUT2D eigenvalue weighted by Crippen LogP contribution is 2.22. The maximum absolute atomic E-state index is 11.4. The molecular formula is C10H13NO4S. The highest BCUT2D eigenvalue weighted by atomic mass is 32.1. The van der Waals surface area contributed by atoms with Gasteiger partial charge < -0.3 is 15.2 Å². The summed E-state index contributed by atoms with van der Waals surface area (Å²) < 4.78 is 4.82. The Kier molecular flexibility index (Phi) is 4.94. The van der Waals surface area contributed by atoms with Gasteiger partial charge in [-0.25, -0.2) is 4.79 Å². The van der Waals surface area contributed by atoms with E-state index in [2.05, 4.69) is 5.32 Å². The molecule has 0 atom stereocenters. The molecule has 0 bridgehead atoms. The van der Waals surface area contributed by atoms with Gasteiger partial charge in [0, 0.05) is 20.1 Å². The quantitative estimate of drug-likeness (QED) is 0.747. The predicted octanol–water partition coefficient (Wildman–Crippen LogP) is 1.81. The Morgan fingerprint density at radius 1 is 1.56 bits per heavy atom. The number of carbonyl (C=O) groups excluding carboxylic acids is 1. The van der Waals surface area contributed by atoms with Crippen molar-refractivity contribution in [3.05, 3.63) is 16.3 Å². The van der Waals surface area contributed by atoms with Crippen LogP contribution < -0.4 is 5.32 Å². The van der Waals surface area contributed by atoms with Crippen LogP contribution in [0.25, 0.3) is 0 Å². The van der Waals surface area contributed by atoms with Gasteiger partial charge in [0.2, 0.25) is 5.91 Å². The number of nitrogens with one attached hydrogen (secondary N) is 1. The average molecular weight is 243 g/mol. The van der Waals surface area contributed by atoms with Crippen molar-refractivity contribution in [2.75, 3.05) is 19.0 Å². The van der Waals surface area contributed by atoms with Crippen LogP contribution in [0.1, 0.15) is 22.5 Å². The Hall–Kier alpha value is -1.40. The number of methoxy groups -OCH3 is 1. The van der Waals surface area contributed by atoms with Gasteiger partial charge in [-0.1, -0.05) is 0 Å². The first-order valence-electron chi connectivity index (χ1n) is 4.74. The van der Waals surface area contributed by atoms with E-state index in [1.807, 2.05) is 0 Å². The molecule has 0 saturated heterocycles. The van der Waals surface area contributed by atoms with E-state index in [1.54, 1.807) is 18.6 Å². The van der Waals surface area contributed by atoms with Crippen LogP contribution in [-0.4, -0.2) is 30.7 Å². The summed E-state index contributed by atoms with van der Waals surface area (Å²) in [4.78, 5) is 22.3. The molecule has 88 valence electrons. The predicted molar refractivity (Wildman–Crippen MR) is 61.0 cm³/mol. The van der Waals surface area contributed by atoms with Crippen LogP contribution in [0, 0.1) is 0 Å². The third kappa shape index (κ3) is 3.63. The third-order valence-corrected chi connectivity index (χ3v) is 2.79. The number of ether oxygens (including phenoxy) is 1. The molecule has 0 aromatic carbocycles. The monoisotopic (exact) mass is 243 g/mol. The fourth-order valence-electron chi connectivity index (χ4n) is 1.16. The lowest BCUT2D eigenvalue weighted by Crippen LogP contribution is -2.13. The van der Waals surface area contributed by atoms with Gasteiger partial charge in [-0.15, -0.1) is 11.3 Å². The molecule has 0 spiro atoms. The van der Waals surface area contributed by atoms with Crippen LogP contribution in [0.5, 0.6) is 0 Å². The van der Waals surface area contributed by atoms with Gasteiger partial charge in [-0.05, 0) is 17.9 Å². The molecule has 16 heavy (non-hydrogen) atoms. The van der Waals surface area contributed by atoms with Crippen LogP contribution in [0.2, 0.25) is 0 Å². The number of carbonyl (C=O) groups is 2. The Morgan fingerprint density at radius 2 is 2.31 bits per heavy atom. The smallest absolute Gasteiger partial charge is 0.348 e. The fourth-order valence-corrected chi connectivity index (χ4v) is 1.85. The molecule has 0 aliphatic heterocycles. The first-order valence-corrected chi connectivity index (χ1v) is 5.62. The van der Waals surface area contributed by atoms with Crippen molar-refractivity contribution in [3.63, 3.8) is 0 Å². The highest BCUT2D eigenvalue weighted by Gasteiger charge is 2.13. The van der Waals surface area contributed by atoms with Gasteiger partial charge in [0.05, 0.1) is 5.69 Å². The van der Waals surface area contributed by atoms with Crippen molar-refractivity contribution in [1.29, 1.82) is 0 Å². The van der Waals surface area contributed by atoms with E-state index in [-0.39, 0.29) is 10.8 Å². The van der Waals surface area contributed by atoms with E-state index in [9.17, 15) is 9.59 Å². The number of rotatable bonds is 6. The van der Waals surface area contributed by atoms with E-state index in [1.165, 1.54) is 0 Å². The molecular weight excluding hydrogens is 230 g/mol. The Balaban J connectivity index is 2.49. The van der Waals surface area contributed by atoms with Crippen molar-refractivity contribution in [3.8, 4) is 0 Å². The van der Waals surface area contributed by atoms with E-state index in [0.717, 1.165) is 11.3 Å². The molecule has 1 rings (SSSR count). The molecule has 1 amide bonds. The summed E-state index contributed by atoms with van der Waals surface area (Å²) in [5, 5.41) is 13.0. The Bertz CT molecular complexity index is 375. The van der Waals surface area contributed by atoms with Crippen molar-refractivity contribution in [2.45, 2.75) is 12.8 Å². The zero-order chi connectivity index (χ0) is 12.0. The molecule has 0 saturated carbocycles. The van der Waals surface area contributed by atoms with Gasteiger partial charge in [0.15, 0.2) is 0 Å². The number of amides is 1. The first kappa shape index (κ1) is 12.7. The zero-order valence-electron chi connectivity index (χ0n) is 8.86. The van der Waals surface area contributed by atoms with Gasteiger partial charge in [0.25, 0.3) is 0 Å². The molecule has 6 heteroatoms. The topological polar surface area (TPSA) is 75.6 Å². The minimum absolute atomic E-state index is 0.153. The molecule has 2 N–H and O–H groups in total. The van der Waals surface area contributed by atoms with Crippen LogP contribution >= 0.6 is 11.3 Å². The number of hydrogen-bond acceptors (Lipinski definition) is 4. The molecule has 0 aliphatic rings. The van der Waals surface area contributed by atoms with E-state index in [0.29, 0.717) is 25.1 Å². The lowest BCUT2D eigenvalue weighted by atomic mass is 10.3. The second kappa shape index (κ2) is 6.24. The zero-order valence-corrected chi connectivity index (χ0v) is 9.67. The van der Waals surface area contributed by atoms with E-state index in [4.69, 9.17) is 9.84 Å². The molecule has 0 radical (unpaired) electrons. The number of aromatic carboxylic acids is 1. The van der Waals surface area contributed by atoms with Gasteiger partial charge >= 0.3 is 5.97 Å². The number of anilines is 1. The molecule has 1 aromatic rings. The lowest BCUT2D eigenvalue weighted by molar-refractivity contribution is -0.116. The summed E-state index contributed by atoms with van der Waals surface area (Å²) in [7, 11) is 1.57. The second-order valence-electron chi connectivity index (χ2n) is 3.11. The molecule has 0 fully saturated rings. The maximum atomic E-state index is 11.4. The van der Waals surface area contributed by atoms with Crippen molar-refractivity contribution < 1.29 is 19.4 Å². The van der Waals surface area contributed by atoms with Crippen LogP contribution in [0.3, 0.4) is 0 Å². The van der Waals surface area contributed by atoms with Crippen molar-refractivity contribution in [2.24, 2.45) is 0 Å². The normalized spacial score (nSPS) is 10.1. The maximum Gasteiger partial charge on any atom is 0.348 e. The summed E-state index contributed by atoms with van der Waals surface area (Å²) in [5.74, 6) is -1.22. The summed E-state index contributed by atoms with van der Waals surface area (Å²) >= 11 is 1.09. The van der Waals surface area contributed by atoms with Gasteiger partial charge in [-0.2, -0.15) is 0 Å². The molecule has 0 aliphatic carbocycles. The van der Waals surface area contributed by atoms with Crippen LogP contribution in [-0.2, 0) is 9.53 Å². The lowest BCUT2D eigenvalue weighted by Gasteiger charge is -2.03. The van der Waals surface area contributed by atoms with E-state index >= 15 is 0 Å². The third-order valence-electron chi connectivity index (χ3n) is 1.89. The average Bonchev–Trinajstić information content (AvgIpc) is 2.66. The SMILES string of the molecule is COCCCC(=O)Nc1ccsc1C(=O)O. The minimum Gasteiger partial charge on any atom is -0.477 e. The summed E-state index contributed by atoms with van der Waals surface area (Å²) in [6.45, 7) is 0.517. The van der Waals surface area contributed by atoms with E-state index < -0.39 is 5.97 Å². The molecule has 1 aromatic heterocycles. The van der Waals surface area contributed by atoms with Crippen molar-refractivity contribution in [1.82, 2.24) is 0 Å². The van der Waals surface area contributed by atoms with Crippen molar-refractivity contribution >= 4 is 28.9 Å². The standard InChI is InChI=1S/C10H13NO4S/c1-15-5-2-3-8(12)11-7-4-6-16-9(7)10(13)14/h4,6H,2-3,5H2,1H3,(H,11,12)(H,13,14). The van der Waals surface area contributed by atoms with Crippen LogP contribution in [0.4, 0.5) is 5.69 Å². The van der Waals surface area contributed by atoms with Gasteiger partial charge in [-0.3, -0.25) is 4.79 Å². The Labute approximate surface area is 97.0 Å². The number of thiophene rings is 1. The molecule has 0 unspecified atom stereocenters. The Morgan fingerprint density at radius 3 is 2.94 bits per heavy atom. The first-order chi connectivity index (χ1) is 7.65. The highest BCUT2D eigenvalue weighted by molar-refractivity contribution is 7.12. The number of hydrogen-bond donors (Lipinski definition) is 2. The molecule has 1 heterocycles. The largest absolute Gasteiger partial charge is 0.477 e. The minimum atomic E-state index is -1.03. The summed E-state index contributed by atoms with van der Waals surface area (Å²) in [6, 6.07) is 1.59. The molecule has 5 nitrogen and oxygen atoms in total. The number of carboxylic acid groups (broad SMARTS) is 1. The summed E-state index contributed by atoms with van der Waals surface area (Å²) in [5.41, 5.74) is 0.361. The van der Waals surface area contributed by atoms with Gasteiger partial charge in [0.1, 0.15) is 4.88 Å². The fraction of sp³-hybridized carbons (Fsp3) is 0.400. The summed E-state index contributed by atoms with van der Waals surface area (Å²) in [6.07, 6.45) is 0.942. The van der Waals surface area contributed by atoms with Crippen LogP contribution in [0.15, 0.2) is 11.4 Å². The second-order valence-corrected chi connectivity index (χ2v) is 4.03. The number of carboxylic acids is 1.